The number of aromatic amines is 1. The predicted molar refractivity (Wildman–Crippen MR) is 105 cm³/mol. The number of halogens is 1. The fraction of sp³-hybridized carbons (Fsp3) is 0.211. The molecule has 152 valence electrons. The van der Waals surface area contributed by atoms with Crippen molar-refractivity contribution in [2.45, 2.75) is 19.6 Å². The van der Waals surface area contributed by atoms with Crippen LogP contribution >= 0.6 is 0 Å². The summed E-state index contributed by atoms with van der Waals surface area (Å²) in [7, 11) is 0. The molecule has 0 saturated heterocycles. The molecule has 0 fully saturated rings. The third-order valence-corrected chi connectivity index (χ3v) is 4.75. The van der Waals surface area contributed by atoms with Crippen LogP contribution in [0.3, 0.4) is 0 Å². The van der Waals surface area contributed by atoms with Crippen LogP contribution in [0.5, 0.6) is 5.88 Å². The Bertz CT molecular complexity index is 1240. The van der Waals surface area contributed by atoms with Crippen molar-refractivity contribution in [3.8, 4) is 17.0 Å². The van der Waals surface area contributed by atoms with E-state index in [0.717, 1.165) is 11.8 Å². The molecule has 10 nitrogen and oxygen atoms in total. The topological polar surface area (TPSA) is 122 Å². The Hall–Kier alpha value is -4.02. The Morgan fingerprint density at radius 3 is 2.97 bits per heavy atom. The summed E-state index contributed by atoms with van der Waals surface area (Å²) >= 11 is 0. The summed E-state index contributed by atoms with van der Waals surface area (Å²) in [6.45, 7) is 2.25. The summed E-state index contributed by atoms with van der Waals surface area (Å²) in [5, 5.41) is 17.1. The number of rotatable bonds is 1. The van der Waals surface area contributed by atoms with E-state index in [1.807, 2.05) is 0 Å². The van der Waals surface area contributed by atoms with E-state index in [1.165, 1.54) is 16.8 Å². The third kappa shape index (κ3) is 3.19. The third-order valence-electron chi connectivity index (χ3n) is 4.75. The number of fused-ring (bicyclic) bond motifs is 2. The summed E-state index contributed by atoms with van der Waals surface area (Å²) in [5.74, 6) is -0.0118. The fourth-order valence-electron chi connectivity index (χ4n) is 3.26. The van der Waals surface area contributed by atoms with Crippen LogP contribution in [0.25, 0.3) is 16.8 Å². The molecule has 11 heteroatoms. The van der Waals surface area contributed by atoms with E-state index in [0.29, 0.717) is 34.0 Å². The number of anilines is 1. The number of nitrogens with one attached hydrogen (secondary N) is 3. The molecule has 30 heavy (non-hydrogen) atoms. The minimum absolute atomic E-state index is 0.214. The van der Waals surface area contributed by atoms with Gasteiger partial charge in [0.15, 0.2) is 5.65 Å². The molecule has 1 aliphatic heterocycles. The highest BCUT2D eigenvalue weighted by molar-refractivity contribution is 6.00. The molecule has 1 unspecified atom stereocenters. The van der Waals surface area contributed by atoms with Crippen molar-refractivity contribution in [3.05, 3.63) is 54.0 Å². The lowest BCUT2D eigenvalue weighted by Gasteiger charge is -2.17. The van der Waals surface area contributed by atoms with Gasteiger partial charge in [-0.2, -0.15) is 10.2 Å². The molecule has 1 amide bonds. The summed E-state index contributed by atoms with van der Waals surface area (Å²) in [5.41, 5.74) is 2.75. The number of aromatic nitrogens is 6. The predicted octanol–water partition coefficient (Wildman–Crippen LogP) is 1.78. The van der Waals surface area contributed by atoms with Gasteiger partial charge in [-0.1, -0.05) is 0 Å². The molecule has 0 saturated carbocycles. The molecule has 3 N–H and O–H groups in total. The summed E-state index contributed by atoms with van der Waals surface area (Å²) in [6.07, 6.45) is 7.32. The molecular formula is C19H17FN8O2. The minimum atomic E-state index is -0.471. The maximum absolute atomic E-state index is 13.8. The monoisotopic (exact) mass is 408 g/mol. The summed E-state index contributed by atoms with van der Waals surface area (Å²) in [4.78, 5) is 21.4. The lowest BCUT2D eigenvalue weighted by molar-refractivity contribution is 0.0932. The average molecular weight is 408 g/mol. The molecule has 1 atom stereocenters. The van der Waals surface area contributed by atoms with E-state index >= 15 is 0 Å². The van der Waals surface area contributed by atoms with Crippen molar-refractivity contribution in [1.82, 2.24) is 35.1 Å². The molecule has 0 spiro atoms. The zero-order valence-electron chi connectivity index (χ0n) is 15.9. The average Bonchev–Trinajstić information content (AvgIpc) is 3.40. The summed E-state index contributed by atoms with van der Waals surface area (Å²) in [6, 6.07) is 1.36. The second-order valence-electron chi connectivity index (χ2n) is 6.93. The van der Waals surface area contributed by atoms with Crippen LogP contribution in [0.4, 0.5) is 10.2 Å². The standard InChI is InChI=1S/C19H17FN8O2/c1-10-3-22-18(29)14-8-26-28-9-15(12-5-24-25-6-12)16(27-17(14)28)21-4-11-2-13(20)7-23-19(11)30-10/h2,5-10H,3-4H2,1H3,(H,21,27)(H,22,29)(H,24,25). The van der Waals surface area contributed by atoms with Crippen LogP contribution in [0, 0.1) is 5.82 Å². The van der Waals surface area contributed by atoms with Gasteiger partial charge in [-0.25, -0.2) is 18.9 Å². The number of carbonyl (C=O) groups is 1. The van der Waals surface area contributed by atoms with E-state index in [2.05, 4.69) is 35.9 Å². The van der Waals surface area contributed by atoms with Crippen molar-refractivity contribution >= 4 is 17.4 Å². The Labute approximate surface area is 169 Å². The molecule has 0 aliphatic carbocycles. The second kappa shape index (κ2) is 7.10. The lowest BCUT2D eigenvalue weighted by atomic mass is 10.1. The van der Waals surface area contributed by atoms with E-state index in [4.69, 9.17) is 4.74 Å². The maximum Gasteiger partial charge on any atom is 0.256 e. The van der Waals surface area contributed by atoms with Crippen molar-refractivity contribution in [3.63, 3.8) is 0 Å². The molecule has 0 radical (unpaired) electrons. The van der Waals surface area contributed by atoms with E-state index in [-0.39, 0.29) is 25.1 Å². The minimum Gasteiger partial charge on any atom is -0.473 e. The zero-order valence-corrected chi connectivity index (χ0v) is 15.9. The van der Waals surface area contributed by atoms with Gasteiger partial charge in [0.05, 0.1) is 25.1 Å². The molecule has 5 rings (SSSR count). The van der Waals surface area contributed by atoms with Gasteiger partial charge >= 0.3 is 0 Å². The van der Waals surface area contributed by atoms with Gasteiger partial charge in [-0.05, 0) is 13.0 Å². The molecule has 4 aromatic rings. The Morgan fingerprint density at radius 2 is 2.13 bits per heavy atom. The highest BCUT2D eigenvalue weighted by atomic mass is 19.1. The Kier molecular flexibility index (Phi) is 4.27. The molecule has 1 aliphatic rings. The number of pyridine rings is 1. The largest absolute Gasteiger partial charge is 0.473 e. The van der Waals surface area contributed by atoms with E-state index in [9.17, 15) is 9.18 Å². The highest BCUT2D eigenvalue weighted by Gasteiger charge is 2.20. The summed E-state index contributed by atoms with van der Waals surface area (Å²) < 4.78 is 21.2. The number of ether oxygens (including phenoxy) is 1. The van der Waals surface area contributed by atoms with Gasteiger partial charge in [-0.3, -0.25) is 9.89 Å². The normalized spacial score (nSPS) is 16.6. The Balaban J connectivity index is 1.66. The first-order chi connectivity index (χ1) is 14.6. The van der Waals surface area contributed by atoms with Crippen molar-refractivity contribution < 1.29 is 13.9 Å². The Morgan fingerprint density at radius 1 is 1.23 bits per heavy atom. The van der Waals surface area contributed by atoms with Gasteiger partial charge in [0.25, 0.3) is 5.91 Å². The van der Waals surface area contributed by atoms with Gasteiger partial charge in [0, 0.05) is 35.6 Å². The number of carbonyl (C=O) groups excluding carboxylic acids is 1. The lowest BCUT2D eigenvalue weighted by Crippen LogP contribution is -2.33. The van der Waals surface area contributed by atoms with Crippen LogP contribution in [-0.4, -0.2) is 48.3 Å². The number of hydrogen-bond acceptors (Lipinski definition) is 7. The molecule has 5 heterocycles. The van der Waals surface area contributed by atoms with Crippen LogP contribution < -0.4 is 15.4 Å². The molecule has 2 bridgehead atoms. The van der Waals surface area contributed by atoms with E-state index < -0.39 is 5.82 Å². The number of H-pyrrole nitrogens is 1. The van der Waals surface area contributed by atoms with Gasteiger partial charge < -0.3 is 15.4 Å². The van der Waals surface area contributed by atoms with Crippen LogP contribution in [-0.2, 0) is 6.54 Å². The van der Waals surface area contributed by atoms with Gasteiger partial charge in [-0.15, -0.1) is 0 Å². The zero-order chi connectivity index (χ0) is 20.7. The SMILES string of the molecule is CC1CNC(=O)c2cnn3cc(-c4cn[nH]c4)c(nc23)NCc2cc(F)cnc2O1. The smallest absolute Gasteiger partial charge is 0.256 e. The van der Waals surface area contributed by atoms with Crippen molar-refractivity contribution in [1.29, 1.82) is 0 Å². The van der Waals surface area contributed by atoms with Crippen LogP contribution in [0.15, 0.2) is 37.1 Å². The quantitative estimate of drug-likeness (QED) is 0.439. The first-order valence-corrected chi connectivity index (χ1v) is 9.29. The first kappa shape index (κ1) is 18.0. The molecule has 4 aromatic heterocycles. The second-order valence-corrected chi connectivity index (χ2v) is 6.93. The van der Waals surface area contributed by atoms with Gasteiger partial charge in [0.1, 0.15) is 23.3 Å². The van der Waals surface area contributed by atoms with Gasteiger partial charge in [0.2, 0.25) is 5.88 Å². The highest BCUT2D eigenvalue weighted by Crippen LogP contribution is 2.28. The number of hydrogen-bond donors (Lipinski definition) is 3. The first-order valence-electron chi connectivity index (χ1n) is 9.29. The number of amides is 1. The number of nitrogens with zero attached hydrogens (tertiary/aromatic N) is 5. The van der Waals surface area contributed by atoms with Crippen LogP contribution in [0.1, 0.15) is 22.8 Å². The maximum atomic E-state index is 13.8. The van der Waals surface area contributed by atoms with Crippen molar-refractivity contribution in [2.24, 2.45) is 0 Å². The molecular weight excluding hydrogens is 391 g/mol. The molecule has 0 aromatic carbocycles. The van der Waals surface area contributed by atoms with Crippen molar-refractivity contribution in [2.75, 3.05) is 11.9 Å². The van der Waals surface area contributed by atoms with E-state index in [1.54, 1.807) is 25.5 Å². The van der Waals surface area contributed by atoms with Crippen LogP contribution in [0.2, 0.25) is 0 Å². The fourth-order valence-corrected chi connectivity index (χ4v) is 3.26.